The molecule has 0 aliphatic rings. The monoisotopic (exact) mass is 354 g/mol. The molecule has 0 bridgehead atoms. The van der Waals surface area contributed by atoms with Crippen LogP contribution in [-0.2, 0) is 6.42 Å². The van der Waals surface area contributed by atoms with Crippen LogP contribution >= 0.6 is 0 Å². The summed E-state index contributed by atoms with van der Waals surface area (Å²) in [5, 5.41) is 2.89. The van der Waals surface area contributed by atoms with E-state index in [4.69, 9.17) is 0 Å². The molecule has 25 heavy (non-hydrogen) atoms. The number of aryl methyl sites for hydroxylation is 1. The molecule has 0 aliphatic heterocycles. The largest absolute Gasteiger partial charge is 0.0654 e. The lowest BCUT2D eigenvalue weighted by atomic mass is 10.0. The van der Waals surface area contributed by atoms with Crippen molar-refractivity contribution in [2.75, 3.05) is 0 Å². The average molecular weight is 355 g/mol. The highest BCUT2D eigenvalue weighted by atomic mass is 28.3. The molecule has 0 atom stereocenters. The molecule has 0 fully saturated rings. The van der Waals surface area contributed by atoms with E-state index in [0.29, 0.717) is 0 Å². The Morgan fingerprint density at radius 1 is 0.640 bits per heavy atom. The highest BCUT2D eigenvalue weighted by molar-refractivity contribution is 6.79. The van der Waals surface area contributed by atoms with Crippen LogP contribution in [0.4, 0.5) is 0 Å². The number of benzene rings is 2. The van der Waals surface area contributed by atoms with E-state index in [-0.39, 0.29) is 0 Å². The van der Waals surface area contributed by atoms with Gasteiger partial charge >= 0.3 is 0 Å². The summed E-state index contributed by atoms with van der Waals surface area (Å²) < 4.78 is 0. The molecule has 0 saturated carbocycles. The summed E-state index contributed by atoms with van der Waals surface area (Å²) in [6, 6.07) is 22.0. The smallest absolute Gasteiger partial charge is 0.0539 e. The Bertz CT molecular complexity index is 589. The predicted octanol–water partition coefficient (Wildman–Crippen LogP) is 8.23. The first kappa shape index (κ1) is 20.2. The fourth-order valence-corrected chi connectivity index (χ4v) is 9.93. The second kappa shape index (κ2) is 10.8. The van der Waals surface area contributed by atoms with Crippen molar-refractivity contribution in [1.29, 1.82) is 0 Å². The summed E-state index contributed by atoms with van der Waals surface area (Å²) >= 11 is 0. The van der Waals surface area contributed by atoms with Gasteiger partial charge in [0.25, 0.3) is 0 Å². The molecule has 2 aromatic carbocycles. The van der Waals surface area contributed by atoms with Gasteiger partial charge in [-0.1, -0.05) is 126 Å². The van der Waals surface area contributed by atoms with Crippen molar-refractivity contribution in [3.8, 4) is 0 Å². The van der Waals surface area contributed by atoms with Crippen molar-refractivity contribution in [3.05, 3.63) is 48.0 Å². The molecule has 0 unspecified atom stereocenters. The first-order valence-corrected chi connectivity index (χ1v) is 13.5. The molecule has 1 heteroatoms. The fourth-order valence-electron chi connectivity index (χ4n) is 4.32. The van der Waals surface area contributed by atoms with E-state index in [1.54, 1.807) is 23.7 Å². The van der Waals surface area contributed by atoms with Gasteiger partial charge in [-0.15, -0.1) is 0 Å². The van der Waals surface area contributed by atoms with Gasteiger partial charge in [0.1, 0.15) is 0 Å². The molecule has 2 rings (SSSR count). The molecule has 0 saturated heterocycles. The van der Waals surface area contributed by atoms with Gasteiger partial charge in [-0.05, 0) is 22.8 Å². The van der Waals surface area contributed by atoms with Gasteiger partial charge in [0.05, 0.1) is 8.07 Å². The Hall–Kier alpha value is -1.08. The van der Waals surface area contributed by atoms with Crippen LogP contribution in [0, 0.1) is 0 Å². The normalized spacial score (nSPS) is 12.0. The molecule has 2 aromatic rings. The Morgan fingerprint density at radius 2 is 1.20 bits per heavy atom. The van der Waals surface area contributed by atoms with Crippen LogP contribution in [0.25, 0.3) is 10.8 Å². The second-order valence-corrected chi connectivity index (χ2v) is 12.9. The summed E-state index contributed by atoms with van der Waals surface area (Å²) in [6.07, 6.45) is 9.74. The van der Waals surface area contributed by atoms with Crippen LogP contribution in [0.3, 0.4) is 0 Å². The number of unbranched alkanes of at least 4 members (excludes halogenated alkanes) is 3. The molecule has 0 N–H and O–H groups in total. The van der Waals surface area contributed by atoms with E-state index in [1.165, 1.54) is 61.8 Å². The zero-order chi connectivity index (χ0) is 18.0. The van der Waals surface area contributed by atoms with Gasteiger partial charge in [-0.3, -0.25) is 0 Å². The Labute approximate surface area is 157 Å². The Balaban J connectivity index is 2.18. The summed E-state index contributed by atoms with van der Waals surface area (Å²) in [4.78, 5) is 0. The SMILES string of the molecule is CCCC[Si](CCCC)(CCCC)CCc1cccc2ccccc12. The first-order chi connectivity index (χ1) is 12.2. The summed E-state index contributed by atoms with van der Waals surface area (Å²) in [5.74, 6) is 0. The second-order valence-electron chi connectivity index (χ2n) is 7.95. The zero-order valence-electron chi connectivity index (χ0n) is 16.8. The van der Waals surface area contributed by atoms with E-state index in [1.807, 2.05) is 0 Å². The molecule has 0 radical (unpaired) electrons. The molecule has 0 aliphatic carbocycles. The number of hydrogen-bond donors (Lipinski definition) is 0. The van der Waals surface area contributed by atoms with Crippen LogP contribution in [-0.4, -0.2) is 8.07 Å². The lowest BCUT2D eigenvalue weighted by molar-refractivity contribution is 0.780. The highest BCUT2D eigenvalue weighted by Crippen LogP contribution is 2.34. The maximum atomic E-state index is 2.38. The Morgan fingerprint density at radius 3 is 1.80 bits per heavy atom. The van der Waals surface area contributed by atoms with Crippen LogP contribution < -0.4 is 0 Å². The standard InChI is InChI=1S/C24H38Si/c1-4-7-18-25(19-8-5-2,20-9-6-3)21-17-23-15-12-14-22-13-10-11-16-24(22)23/h10-16H,4-9,17-21H2,1-3H3. The van der Waals surface area contributed by atoms with E-state index in [0.717, 1.165) is 0 Å². The first-order valence-electron chi connectivity index (χ1n) is 10.7. The van der Waals surface area contributed by atoms with E-state index in [2.05, 4.69) is 63.2 Å². The van der Waals surface area contributed by atoms with Crippen LogP contribution in [0.15, 0.2) is 42.5 Å². The van der Waals surface area contributed by atoms with E-state index >= 15 is 0 Å². The summed E-state index contributed by atoms with van der Waals surface area (Å²) in [7, 11) is -1.13. The topological polar surface area (TPSA) is 0 Å². The summed E-state index contributed by atoms with van der Waals surface area (Å²) in [6.45, 7) is 7.09. The third kappa shape index (κ3) is 5.99. The van der Waals surface area contributed by atoms with Gasteiger partial charge in [0.15, 0.2) is 0 Å². The highest BCUT2D eigenvalue weighted by Gasteiger charge is 2.30. The zero-order valence-corrected chi connectivity index (χ0v) is 17.8. The van der Waals surface area contributed by atoms with Gasteiger partial charge in [-0.25, -0.2) is 0 Å². The van der Waals surface area contributed by atoms with Crippen LogP contribution in [0.1, 0.15) is 64.9 Å². The van der Waals surface area contributed by atoms with E-state index < -0.39 is 8.07 Å². The average Bonchev–Trinajstić information content (AvgIpc) is 2.67. The third-order valence-electron chi connectivity index (χ3n) is 5.99. The molecule has 138 valence electrons. The molecule has 0 heterocycles. The lowest BCUT2D eigenvalue weighted by Gasteiger charge is -2.33. The maximum absolute atomic E-state index is 2.38. The molecule has 0 nitrogen and oxygen atoms in total. The van der Waals surface area contributed by atoms with Crippen molar-refractivity contribution in [3.63, 3.8) is 0 Å². The molecule has 0 aromatic heterocycles. The molecule has 0 amide bonds. The number of hydrogen-bond acceptors (Lipinski definition) is 0. The van der Waals surface area contributed by atoms with Crippen molar-refractivity contribution in [1.82, 2.24) is 0 Å². The Kier molecular flexibility index (Phi) is 8.75. The predicted molar refractivity (Wildman–Crippen MR) is 117 cm³/mol. The fraction of sp³-hybridized carbons (Fsp3) is 0.583. The minimum Gasteiger partial charge on any atom is -0.0654 e. The molecule has 0 spiro atoms. The van der Waals surface area contributed by atoms with Crippen molar-refractivity contribution < 1.29 is 0 Å². The van der Waals surface area contributed by atoms with Crippen molar-refractivity contribution in [2.24, 2.45) is 0 Å². The quantitative estimate of drug-likeness (QED) is 0.337. The minimum absolute atomic E-state index is 1.13. The van der Waals surface area contributed by atoms with Crippen molar-refractivity contribution in [2.45, 2.75) is 89.9 Å². The molecular weight excluding hydrogens is 316 g/mol. The van der Waals surface area contributed by atoms with Crippen LogP contribution in [0.2, 0.25) is 24.2 Å². The third-order valence-corrected chi connectivity index (χ3v) is 11.5. The number of rotatable bonds is 12. The summed E-state index contributed by atoms with van der Waals surface area (Å²) in [5.41, 5.74) is 1.58. The maximum Gasteiger partial charge on any atom is 0.0539 e. The van der Waals surface area contributed by atoms with E-state index in [9.17, 15) is 0 Å². The van der Waals surface area contributed by atoms with Gasteiger partial charge in [0, 0.05) is 0 Å². The van der Waals surface area contributed by atoms with Gasteiger partial charge in [0.2, 0.25) is 0 Å². The van der Waals surface area contributed by atoms with Gasteiger partial charge < -0.3 is 0 Å². The van der Waals surface area contributed by atoms with Crippen LogP contribution in [0.5, 0.6) is 0 Å². The van der Waals surface area contributed by atoms with Gasteiger partial charge in [-0.2, -0.15) is 0 Å². The number of fused-ring (bicyclic) bond motifs is 1. The lowest BCUT2D eigenvalue weighted by Crippen LogP contribution is -2.34. The molecular formula is C24H38Si. The minimum atomic E-state index is -1.13. The van der Waals surface area contributed by atoms with Crippen molar-refractivity contribution >= 4 is 18.8 Å².